The zero-order valence-electron chi connectivity index (χ0n) is 15.6. The van der Waals surface area contributed by atoms with E-state index in [4.69, 9.17) is 22.1 Å². The molecule has 0 aromatic heterocycles. The second-order valence-electron chi connectivity index (χ2n) is 6.10. The lowest BCUT2D eigenvalue weighted by Gasteiger charge is -2.14. The molecule has 0 aliphatic carbocycles. The Kier molecular flexibility index (Phi) is 6.38. The Morgan fingerprint density at radius 3 is 2.67 bits per heavy atom. The monoisotopic (exact) mass is 444 g/mol. The van der Waals surface area contributed by atoms with Gasteiger partial charge >= 0.3 is 5.97 Å². The van der Waals surface area contributed by atoms with Crippen molar-refractivity contribution in [3.05, 3.63) is 58.5 Å². The number of benzene rings is 2. The van der Waals surface area contributed by atoms with Crippen LogP contribution in [0.1, 0.15) is 15.9 Å². The van der Waals surface area contributed by atoms with Gasteiger partial charge in [-0.1, -0.05) is 42.2 Å². The van der Waals surface area contributed by atoms with Crippen LogP contribution >= 0.6 is 24.0 Å². The van der Waals surface area contributed by atoms with Crippen LogP contribution in [-0.4, -0.2) is 50.9 Å². The molecule has 0 spiro atoms. The summed E-state index contributed by atoms with van der Waals surface area (Å²) in [5.41, 5.74) is 0.614. The van der Waals surface area contributed by atoms with Gasteiger partial charge in [0.05, 0.1) is 12.0 Å². The van der Waals surface area contributed by atoms with E-state index in [0.29, 0.717) is 16.2 Å². The molecule has 30 heavy (non-hydrogen) atoms. The number of carboxylic acids is 1. The number of thioether (sulfide) groups is 1. The number of thiocarbonyl (C=S) groups is 1. The van der Waals surface area contributed by atoms with Crippen LogP contribution in [0.2, 0.25) is 0 Å². The zero-order valence-corrected chi connectivity index (χ0v) is 17.3. The van der Waals surface area contributed by atoms with Crippen LogP contribution in [-0.2, 0) is 9.59 Å². The van der Waals surface area contributed by atoms with Gasteiger partial charge < -0.3 is 20.3 Å². The Labute approximate surface area is 181 Å². The molecule has 1 heterocycles. The number of amides is 2. The van der Waals surface area contributed by atoms with Crippen LogP contribution in [0, 0.1) is 0 Å². The molecule has 154 valence electrons. The molecule has 3 rings (SSSR count). The van der Waals surface area contributed by atoms with E-state index < -0.39 is 23.5 Å². The number of carboxylic acid groups (broad SMARTS) is 1. The molecule has 1 fully saturated rings. The molecule has 3 N–H and O–H groups in total. The first-order valence-electron chi connectivity index (χ1n) is 8.54. The Morgan fingerprint density at radius 1 is 1.27 bits per heavy atom. The standard InChI is InChI=1S/C20H16N2O6S2/c1-28-15-5-3-2-4-11(15)8-16-18(25)22(20(29)30-16)10-17(24)21-12-6-7-13(19(26)27)14(23)9-12/h2-9,23H,10H2,1H3,(H,21,24)(H,26,27). The van der Waals surface area contributed by atoms with Gasteiger partial charge in [0.1, 0.15) is 27.9 Å². The molecule has 1 aliphatic heterocycles. The third-order valence-electron chi connectivity index (χ3n) is 4.11. The third kappa shape index (κ3) is 4.61. The number of hydrogen-bond donors (Lipinski definition) is 3. The molecule has 1 saturated heterocycles. The lowest BCUT2D eigenvalue weighted by molar-refractivity contribution is -0.126. The summed E-state index contributed by atoms with van der Waals surface area (Å²) < 4.78 is 5.51. The summed E-state index contributed by atoms with van der Waals surface area (Å²) in [6.45, 7) is -0.324. The van der Waals surface area contributed by atoms with Gasteiger partial charge in [-0.25, -0.2) is 4.79 Å². The number of nitrogens with zero attached hydrogens (tertiary/aromatic N) is 1. The number of ether oxygens (including phenoxy) is 1. The van der Waals surface area contributed by atoms with E-state index in [1.54, 1.807) is 18.2 Å². The summed E-state index contributed by atoms with van der Waals surface area (Å²) in [6.07, 6.45) is 1.65. The Balaban J connectivity index is 1.71. The topological polar surface area (TPSA) is 116 Å². The lowest BCUT2D eigenvalue weighted by Crippen LogP contribution is -2.36. The summed E-state index contributed by atoms with van der Waals surface area (Å²) in [6, 6.07) is 10.8. The minimum Gasteiger partial charge on any atom is -0.507 e. The Hall–Kier alpha value is -3.37. The fourth-order valence-corrected chi connectivity index (χ4v) is 3.94. The van der Waals surface area contributed by atoms with E-state index in [2.05, 4.69) is 5.32 Å². The summed E-state index contributed by atoms with van der Waals surface area (Å²) in [7, 11) is 1.53. The van der Waals surface area contributed by atoms with Crippen LogP contribution < -0.4 is 10.1 Å². The average molecular weight is 444 g/mol. The second-order valence-corrected chi connectivity index (χ2v) is 7.77. The molecule has 0 radical (unpaired) electrons. The fourth-order valence-electron chi connectivity index (χ4n) is 2.70. The number of aromatic hydroxyl groups is 1. The highest BCUT2D eigenvalue weighted by Crippen LogP contribution is 2.34. The Morgan fingerprint density at radius 2 is 2.00 bits per heavy atom. The van der Waals surface area contributed by atoms with Gasteiger partial charge in [-0.3, -0.25) is 14.5 Å². The predicted molar refractivity (Wildman–Crippen MR) is 117 cm³/mol. The van der Waals surface area contributed by atoms with E-state index in [1.807, 2.05) is 12.1 Å². The highest BCUT2D eigenvalue weighted by Gasteiger charge is 2.33. The Bertz CT molecular complexity index is 1080. The van der Waals surface area contributed by atoms with Crippen molar-refractivity contribution in [1.29, 1.82) is 0 Å². The number of carbonyl (C=O) groups excluding carboxylic acids is 2. The number of anilines is 1. The van der Waals surface area contributed by atoms with Crippen molar-refractivity contribution in [1.82, 2.24) is 4.90 Å². The van der Waals surface area contributed by atoms with Gasteiger partial charge in [0, 0.05) is 17.3 Å². The number of hydrogen-bond acceptors (Lipinski definition) is 7. The molecular weight excluding hydrogens is 428 g/mol. The van der Waals surface area contributed by atoms with Crippen LogP contribution in [0.15, 0.2) is 47.4 Å². The van der Waals surface area contributed by atoms with E-state index in [1.165, 1.54) is 24.1 Å². The molecule has 2 amide bonds. The van der Waals surface area contributed by atoms with Crippen molar-refractivity contribution in [2.45, 2.75) is 0 Å². The van der Waals surface area contributed by atoms with Gasteiger partial charge in [-0.2, -0.15) is 0 Å². The van der Waals surface area contributed by atoms with E-state index in [-0.39, 0.29) is 22.1 Å². The first-order chi connectivity index (χ1) is 14.3. The molecule has 1 aliphatic rings. The van der Waals surface area contributed by atoms with E-state index >= 15 is 0 Å². The fraction of sp³-hybridized carbons (Fsp3) is 0.100. The van der Waals surface area contributed by atoms with Gasteiger partial charge in [0.2, 0.25) is 5.91 Å². The highest BCUT2D eigenvalue weighted by atomic mass is 32.2. The second kappa shape index (κ2) is 8.97. The molecular formula is C20H16N2O6S2. The number of rotatable bonds is 6. The number of nitrogens with one attached hydrogen (secondary N) is 1. The van der Waals surface area contributed by atoms with Gasteiger partial charge in [0.15, 0.2) is 0 Å². The molecule has 10 heteroatoms. The van der Waals surface area contributed by atoms with Crippen molar-refractivity contribution in [3.63, 3.8) is 0 Å². The van der Waals surface area contributed by atoms with Crippen LogP contribution in [0.3, 0.4) is 0 Å². The predicted octanol–water partition coefficient (Wildman–Crippen LogP) is 2.94. The molecule has 0 saturated carbocycles. The summed E-state index contributed by atoms with van der Waals surface area (Å²) in [5.74, 6) is -2.12. The van der Waals surface area contributed by atoms with Crippen LogP contribution in [0.4, 0.5) is 5.69 Å². The number of aromatic carboxylic acids is 1. The molecule has 8 nitrogen and oxygen atoms in total. The van der Waals surface area contributed by atoms with Gasteiger partial charge in [-0.15, -0.1) is 0 Å². The summed E-state index contributed by atoms with van der Waals surface area (Å²) in [4.78, 5) is 37.5. The smallest absolute Gasteiger partial charge is 0.339 e. The van der Waals surface area contributed by atoms with Crippen molar-refractivity contribution < 1.29 is 29.3 Å². The van der Waals surface area contributed by atoms with Gasteiger partial charge in [-0.05, 0) is 24.3 Å². The quantitative estimate of drug-likeness (QED) is 0.460. The molecule has 2 aromatic rings. The van der Waals surface area contributed by atoms with E-state index in [9.17, 15) is 19.5 Å². The minimum absolute atomic E-state index is 0.192. The first-order valence-corrected chi connectivity index (χ1v) is 9.77. The number of carbonyl (C=O) groups is 3. The van der Waals surface area contributed by atoms with Crippen molar-refractivity contribution in [3.8, 4) is 11.5 Å². The summed E-state index contributed by atoms with van der Waals surface area (Å²) in [5, 5.41) is 21.2. The minimum atomic E-state index is -1.29. The maximum absolute atomic E-state index is 12.7. The van der Waals surface area contributed by atoms with E-state index in [0.717, 1.165) is 17.8 Å². The van der Waals surface area contributed by atoms with Crippen molar-refractivity contribution >= 4 is 57.8 Å². The van der Waals surface area contributed by atoms with Crippen LogP contribution in [0.5, 0.6) is 11.5 Å². The molecule has 2 aromatic carbocycles. The SMILES string of the molecule is COc1ccccc1C=C1SC(=S)N(CC(=O)Nc2ccc(C(=O)O)c(O)c2)C1=O. The molecule has 0 atom stereocenters. The number of phenols is 1. The maximum Gasteiger partial charge on any atom is 0.339 e. The average Bonchev–Trinajstić information content (AvgIpc) is 2.95. The highest BCUT2D eigenvalue weighted by molar-refractivity contribution is 8.26. The lowest BCUT2D eigenvalue weighted by atomic mass is 10.2. The number of para-hydroxylation sites is 1. The largest absolute Gasteiger partial charge is 0.507 e. The van der Waals surface area contributed by atoms with Crippen LogP contribution in [0.25, 0.3) is 6.08 Å². The van der Waals surface area contributed by atoms with Gasteiger partial charge in [0.25, 0.3) is 5.91 Å². The van der Waals surface area contributed by atoms with Crippen molar-refractivity contribution in [2.24, 2.45) is 0 Å². The zero-order chi connectivity index (χ0) is 21.8. The first kappa shape index (κ1) is 21.3. The molecule has 0 unspecified atom stereocenters. The summed E-state index contributed by atoms with van der Waals surface area (Å²) >= 11 is 6.31. The molecule has 0 bridgehead atoms. The third-order valence-corrected chi connectivity index (χ3v) is 5.49. The maximum atomic E-state index is 12.7. The normalized spacial score (nSPS) is 14.8. The van der Waals surface area contributed by atoms with Crippen molar-refractivity contribution in [2.75, 3.05) is 19.0 Å². The number of methoxy groups -OCH3 is 1.